The summed E-state index contributed by atoms with van der Waals surface area (Å²) in [6.07, 6.45) is 0.588. The van der Waals surface area contributed by atoms with Gasteiger partial charge in [0.05, 0.1) is 10.6 Å². The summed E-state index contributed by atoms with van der Waals surface area (Å²) in [7, 11) is -3.39. The zero-order chi connectivity index (χ0) is 16.0. The van der Waals surface area contributed by atoms with Gasteiger partial charge in [0.15, 0.2) is 15.8 Å². The molecule has 1 heterocycles. The molecule has 0 unspecified atom stereocenters. The van der Waals surface area contributed by atoms with Crippen molar-refractivity contribution in [3.8, 4) is 0 Å². The van der Waals surface area contributed by atoms with E-state index in [1.54, 1.807) is 6.07 Å². The molecule has 4 N–H and O–H groups in total. The van der Waals surface area contributed by atoms with Gasteiger partial charge in [-0.1, -0.05) is 26.8 Å². The second kappa shape index (κ2) is 4.84. The Morgan fingerprint density at radius 1 is 1.33 bits per heavy atom. The van der Waals surface area contributed by atoms with Gasteiger partial charge < -0.3 is 11.5 Å². The standard InChI is InChI=1S/C14H19N3O3S/c1-4-8-5-10-11(21(19,20)7-14(10,2)3)6-9(8)12(18)17-13(15)16/h5-6H,4,7H2,1-3H3,(H4,15,16,17,18). The average Bonchev–Trinajstić information content (AvgIpc) is 2.52. The quantitative estimate of drug-likeness (QED) is 0.617. The Hall–Kier alpha value is -1.89. The fraction of sp³-hybridized carbons (Fsp3) is 0.429. The van der Waals surface area contributed by atoms with Gasteiger partial charge in [-0.15, -0.1) is 0 Å². The fourth-order valence-corrected chi connectivity index (χ4v) is 4.94. The summed E-state index contributed by atoms with van der Waals surface area (Å²) in [5, 5.41) is 0. The summed E-state index contributed by atoms with van der Waals surface area (Å²) >= 11 is 0. The maximum Gasteiger partial charge on any atom is 0.280 e. The van der Waals surface area contributed by atoms with E-state index in [2.05, 4.69) is 4.99 Å². The van der Waals surface area contributed by atoms with Gasteiger partial charge in [0.2, 0.25) is 0 Å². The molecular formula is C14H19N3O3S. The molecule has 0 saturated heterocycles. The van der Waals surface area contributed by atoms with Gasteiger partial charge in [-0.2, -0.15) is 4.99 Å². The number of aliphatic imine (C=N–C) groups is 1. The van der Waals surface area contributed by atoms with E-state index < -0.39 is 21.2 Å². The Balaban J connectivity index is 2.72. The van der Waals surface area contributed by atoms with E-state index in [0.717, 1.165) is 11.1 Å². The van der Waals surface area contributed by atoms with Crippen LogP contribution in [-0.2, 0) is 21.7 Å². The van der Waals surface area contributed by atoms with Gasteiger partial charge in [-0.05, 0) is 23.6 Å². The normalized spacial score (nSPS) is 18.0. The molecule has 0 fully saturated rings. The van der Waals surface area contributed by atoms with Gasteiger partial charge in [-0.25, -0.2) is 8.42 Å². The number of hydrogen-bond acceptors (Lipinski definition) is 3. The third-order valence-corrected chi connectivity index (χ3v) is 5.77. The molecule has 1 amide bonds. The second-order valence-electron chi connectivity index (χ2n) is 5.84. The van der Waals surface area contributed by atoms with Gasteiger partial charge in [-0.3, -0.25) is 4.79 Å². The molecule has 114 valence electrons. The third kappa shape index (κ3) is 2.65. The van der Waals surface area contributed by atoms with E-state index in [-0.39, 0.29) is 22.2 Å². The highest BCUT2D eigenvalue weighted by molar-refractivity contribution is 7.91. The molecule has 6 nitrogen and oxygen atoms in total. The lowest BCUT2D eigenvalue weighted by Crippen LogP contribution is -2.24. The minimum Gasteiger partial charge on any atom is -0.370 e. The zero-order valence-electron chi connectivity index (χ0n) is 12.3. The van der Waals surface area contributed by atoms with Gasteiger partial charge in [0.1, 0.15) is 0 Å². The summed E-state index contributed by atoms with van der Waals surface area (Å²) in [5.41, 5.74) is 11.7. The molecule has 0 aromatic heterocycles. The number of fused-ring (bicyclic) bond motifs is 1. The van der Waals surface area contributed by atoms with Crippen molar-refractivity contribution in [2.75, 3.05) is 5.75 Å². The van der Waals surface area contributed by atoms with Crippen LogP contribution in [0.4, 0.5) is 0 Å². The predicted molar refractivity (Wildman–Crippen MR) is 81.0 cm³/mol. The number of sulfone groups is 1. The first-order chi connectivity index (χ1) is 9.58. The van der Waals surface area contributed by atoms with Crippen LogP contribution < -0.4 is 11.5 Å². The highest BCUT2D eigenvalue weighted by Crippen LogP contribution is 2.41. The number of hydrogen-bond donors (Lipinski definition) is 2. The molecule has 0 aliphatic carbocycles. The van der Waals surface area contributed by atoms with Crippen molar-refractivity contribution in [1.29, 1.82) is 0 Å². The van der Waals surface area contributed by atoms with Gasteiger partial charge in [0, 0.05) is 11.0 Å². The molecule has 0 bridgehead atoms. The number of carbonyl (C=O) groups is 1. The SMILES string of the molecule is CCc1cc2c(cc1C(=O)N=C(N)N)S(=O)(=O)CC2(C)C. The molecule has 1 aliphatic rings. The van der Waals surface area contributed by atoms with Gasteiger partial charge >= 0.3 is 0 Å². The number of nitrogens with zero attached hydrogens (tertiary/aromatic N) is 1. The first-order valence-corrected chi connectivity index (χ1v) is 8.28. The van der Waals surface area contributed by atoms with Crippen LogP contribution in [0.2, 0.25) is 0 Å². The lowest BCUT2D eigenvalue weighted by Gasteiger charge is -2.18. The van der Waals surface area contributed by atoms with E-state index in [9.17, 15) is 13.2 Å². The average molecular weight is 309 g/mol. The summed E-state index contributed by atoms with van der Waals surface area (Å²) in [6.45, 7) is 5.66. The van der Waals surface area contributed by atoms with Gasteiger partial charge in [0.25, 0.3) is 5.91 Å². The molecule has 7 heteroatoms. The Morgan fingerprint density at radius 2 is 1.95 bits per heavy atom. The number of guanidine groups is 1. The largest absolute Gasteiger partial charge is 0.370 e. The first kappa shape index (κ1) is 15.5. The van der Waals surface area contributed by atoms with Crippen LogP contribution in [0.5, 0.6) is 0 Å². The maximum atomic E-state index is 12.3. The molecule has 1 aromatic rings. The first-order valence-electron chi connectivity index (χ1n) is 6.62. The van der Waals surface area contributed by atoms with Crippen molar-refractivity contribution in [2.24, 2.45) is 16.5 Å². The zero-order valence-corrected chi connectivity index (χ0v) is 13.1. The number of aryl methyl sites for hydroxylation is 1. The van der Waals surface area contributed by atoms with E-state index in [0.29, 0.717) is 6.42 Å². The molecule has 2 rings (SSSR count). The van der Waals surface area contributed by atoms with Crippen LogP contribution in [0.3, 0.4) is 0 Å². The van der Waals surface area contributed by atoms with Crippen LogP contribution in [0.25, 0.3) is 0 Å². The van der Waals surface area contributed by atoms with E-state index in [1.165, 1.54) is 6.07 Å². The Kier molecular flexibility index (Phi) is 3.57. The predicted octanol–water partition coefficient (Wildman–Crippen LogP) is 0.728. The lowest BCUT2D eigenvalue weighted by atomic mass is 9.85. The third-order valence-electron chi connectivity index (χ3n) is 3.66. The molecule has 21 heavy (non-hydrogen) atoms. The number of rotatable bonds is 2. The number of benzene rings is 1. The fourth-order valence-electron chi connectivity index (χ4n) is 2.71. The Labute approximate surface area is 124 Å². The molecule has 0 atom stereocenters. The summed E-state index contributed by atoms with van der Waals surface area (Å²) in [4.78, 5) is 15.8. The minimum absolute atomic E-state index is 0.0401. The van der Waals surface area contributed by atoms with E-state index in [4.69, 9.17) is 11.5 Å². The highest BCUT2D eigenvalue weighted by atomic mass is 32.2. The minimum atomic E-state index is -3.39. The van der Waals surface area contributed by atoms with Crippen LogP contribution in [0, 0.1) is 0 Å². The monoisotopic (exact) mass is 309 g/mol. The van der Waals surface area contributed by atoms with Crippen LogP contribution >= 0.6 is 0 Å². The summed E-state index contributed by atoms with van der Waals surface area (Å²) < 4.78 is 24.5. The smallest absolute Gasteiger partial charge is 0.280 e. The van der Waals surface area contributed by atoms with Crippen molar-refractivity contribution in [2.45, 2.75) is 37.5 Å². The summed E-state index contributed by atoms with van der Waals surface area (Å²) in [5.74, 6) is -0.918. The van der Waals surface area contributed by atoms with Crippen molar-refractivity contribution < 1.29 is 13.2 Å². The molecule has 1 aliphatic heterocycles. The van der Waals surface area contributed by atoms with Crippen LogP contribution in [-0.4, -0.2) is 26.0 Å². The maximum absolute atomic E-state index is 12.3. The molecule has 1 aromatic carbocycles. The van der Waals surface area contributed by atoms with Crippen LogP contribution in [0.1, 0.15) is 42.3 Å². The molecule has 0 radical (unpaired) electrons. The highest BCUT2D eigenvalue weighted by Gasteiger charge is 2.41. The van der Waals surface area contributed by atoms with Crippen molar-refractivity contribution >= 4 is 21.7 Å². The van der Waals surface area contributed by atoms with E-state index in [1.807, 2.05) is 20.8 Å². The van der Waals surface area contributed by atoms with Crippen LogP contribution in [0.15, 0.2) is 22.0 Å². The lowest BCUT2D eigenvalue weighted by molar-refractivity contribution is 0.100. The van der Waals surface area contributed by atoms with Crippen molar-refractivity contribution in [1.82, 2.24) is 0 Å². The second-order valence-corrected chi connectivity index (χ2v) is 7.80. The molecular weight excluding hydrogens is 290 g/mol. The Morgan fingerprint density at radius 3 is 2.48 bits per heavy atom. The van der Waals surface area contributed by atoms with Crippen molar-refractivity contribution in [3.63, 3.8) is 0 Å². The van der Waals surface area contributed by atoms with E-state index >= 15 is 0 Å². The summed E-state index contributed by atoms with van der Waals surface area (Å²) in [6, 6.07) is 3.20. The molecule has 0 spiro atoms. The number of nitrogens with two attached hydrogens (primary N) is 2. The number of amides is 1. The van der Waals surface area contributed by atoms with Crippen molar-refractivity contribution in [3.05, 3.63) is 28.8 Å². The molecule has 0 saturated carbocycles. The Bertz CT molecular complexity index is 745. The topological polar surface area (TPSA) is 116 Å². The number of carbonyl (C=O) groups excluding carboxylic acids is 1.